The molecule has 0 bridgehead atoms. The normalized spacial score (nSPS) is 23.6. The lowest BCUT2D eigenvalue weighted by atomic mass is 9.81. The molecule has 1 aromatic rings. The number of rotatable bonds is 13. The maximum atomic E-state index is 13.7. The number of alkyl halides is 2. The van der Waals surface area contributed by atoms with Crippen LogP contribution in [0.1, 0.15) is 75.5 Å². The van der Waals surface area contributed by atoms with E-state index in [4.69, 9.17) is 9.47 Å². The first kappa shape index (κ1) is 27.5. The van der Waals surface area contributed by atoms with Gasteiger partial charge in [0.1, 0.15) is 0 Å². The Morgan fingerprint density at radius 3 is 2.68 bits per heavy atom. The minimum absolute atomic E-state index is 0.0532. The first-order valence-electron chi connectivity index (χ1n) is 13.4. The topological polar surface area (TPSA) is 33.7 Å². The van der Waals surface area contributed by atoms with Crippen LogP contribution in [-0.4, -0.2) is 63.4 Å². The van der Waals surface area contributed by atoms with Crippen LogP contribution < -0.4 is 5.32 Å². The van der Waals surface area contributed by atoms with Crippen molar-refractivity contribution in [3.05, 3.63) is 35.4 Å². The summed E-state index contributed by atoms with van der Waals surface area (Å²) in [7, 11) is 2.00. The summed E-state index contributed by atoms with van der Waals surface area (Å²) in [5.74, 6) is -1.62. The molecule has 2 aliphatic rings. The Morgan fingerprint density at radius 2 is 1.97 bits per heavy atom. The minimum atomic E-state index is -2.45. The Bertz CT molecular complexity index is 707. The van der Waals surface area contributed by atoms with E-state index < -0.39 is 5.92 Å². The van der Waals surface area contributed by atoms with Gasteiger partial charge < -0.3 is 14.8 Å². The Labute approximate surface area is 205 Å². The molecule has 34 heavy (non-hydrogen) atoms. The van der Waals surface area contributed by atoms with Crippen LogP contribution in [0.4, 0.5) is 8.78 Å². The standard InChI is InChI=1S/C28H46F2N2O2/c1-4-33-16-7-17-34-27(24-9-5-8-22(2)18-24)25-10-6-15-32(21-25)26(20-31-3)19-23-11-13-28(29,30)14-12-23/h5,8-9,18,23,25-27,31H,4,6-7,10-17,19-21H2,1-3H3/t25-,26?,27+/m1/s1. The molecule has 3 rings (SSSR count). The van der Waals surface area contributed by atoms with Gasteiger partial charge in [-0.3, -0.25) is 4.90 Å². The number of nitrogens with zero attached hydrogens (tertiary/aromatic N) is 1. The largest absolute Gasteiger partial charge is 0.382 e. The highest BCUT2D eigenvalue weighted by Crippen LogP contribution is 2.39. The van der Waals surface area contributed by atoms with Gasteiger partial charge in [0.05, 0.1) is 6.10 Å². The number of hydrogen-bond donors (Lipinski definition) is 1. The summed E-state index contributed by atoms with van der Waals surface area (Å²) in [4.78, 5) is 2.61. The molecule has 0 amide bonds. The molecule has 0 aromatic heterocycles. The lowest BCUT2D eigenvalue weighted by Gasteiger charge is -2.42. The smallest absolute Gasteiger partial charge is 0.248 e. The van der Waals surface area contributed by atoms with Gasteiger partial charge in [0.2, 0.25) is 5.92 Å². The molecule has 1 saturated heterocycles. The van der Waals surface area contributed by atoms with Gasteiger partial charge in [0.25, 0.3) is 0 Å². The Hall–Kier alpha value is -1.08. The van der Waals surface area contributed by atoms with Gasteiger partial charge in [-0.05, 0) is 77.4 Å². The van der Waals surface area contributed by atoms with Crippen LogP contribution >= 0.6 is 0 Å². The number of benzene rings is 1. The van der Waals surface area contributed by atoms with E-state index >= 15 is 0 Å². The zero-order chi connectivity index (χ0) is 24.4. The molecule has 1 unspecified atom stereocenters. The first-order valence-corrected chi connectivity index (χ1v) is 13.4. The van der Waals surface area contributed by atoms with E-state index in [0.29, 0.717) is 37.3 Å². The van der Waals surface area contributed by atoms with Gasteiger partial charge >= 0.3 is 0 Å². The van der Waals surface area contributed by atoms with E-state index in [1.54, 1.807) is 0 Å². The highest BCUT2D eigenvalue weighted by Gasteiger charge is 2.37. The average molecular weight is 481 g/mol. The molecule has 1 aliphatic heterocycles. The van der Waals surface area contributed by atoms with Crippen molar-refractivity contribution in [2.75, 3.05) is 46.5 Å². The second kappa shape index (κ2) is 13.9. The van der Waals surface area contributed by atoms with E-state index in [9.17, 15) is 8.78 Å². The number of nitrogens with one attached hydrogen (secondary N) is 1. The van der Waals surface area contributed by atoms with E-state index in [1.807, 2.05) is 14.0 Å². The summed E-state index contributed by atoms with van der Waals surface area (Å²) in [6.07, 6.45) is 5.71. The van der Waals surface area contributed by atoms with Gasteiger partial charge in [0.15, 0.2) is 0 Å². The van der Waals surface area contributed by atoms with Crippen LogP contribution in [0.5, 0.6) is 0 Å². The fourth-order valence-corrected chi connectivity index (χ4v) is 5.80. The Kier molecular flexibility index (Phi) is 11.2. The van der Waals surface area contributed by atoms with Crippen LogP contribution in [0.15, 0.2) is 24.3 Å². The summed E-state index contributed by atoms with van der Waals surface area (Å²) in [5, 5.41) is 3.37. The van der Waals surface area contributed by atoms with Crippen LogP contribution in [0.3, 0.4) is 0 Å². The second-order valence-corrected chi connectivity index (χ2v) is 10.4. The van der Waals surface area contributed by atoms with Crippen molar-refractivity contribution >= 4 is 0 Å². The number of hydrogen-bond acceptors (Lipinski definition) is 4. The highest BCUT2D eigenvalue weighted by molar-refractivity contribution is 5.25. The molecule has 0 spiro atoms. The van der Waals surface area contributed by atoms with Crippen molar-refractivity contribution < 1.29 is 18.3 Å². The van der Waals surface area contributed by atoms with E-state index in [0.717, 1.165) is 58.5 Å². The molecule has 1 aliphatic carbocycles. The third kappa shape index (κ3) is 8.54. The third-order valence-corrected chi connectivity index (χ3v) is 7.62. The molecule has 6 heteroatoms. The molecule has 3 atom stereocenters. The monoisotopic (exact) mass is 480 g/mol. The van der Waals surface area contributed by atoms with Crippen molar-refractivity contribution in [2.24, 2.45) is 11.8 Å². The van der Waals surface area contributed by atoms with Gasteiger partial charge in [-0.25, -0.2) is 8.78 Å². The Morgan fingerprint density at radius 1 is 1.18 bits per heavy atom. The molecule has 194 valence electrons. The number of halogens is 2. The molecule has 1 aromatic carbocycles. The third-order valence-electron chi connectivity index (χ3n) is 7.62. The van der Waals surface area contributed by atoms with Crippen molar-refractivity contribution in [2.45, 2.75) is 83.3 Å². The molecule has 2 fully saturated rings. The quantitative estimate of drug-likeness (QED) is 0.351. The fourth-order valence-electron chi connectivity index (χ4n) is 5.80. The van der Waals surface area contributed by atoms with Gasteiger partial charge in [0, 0.05) is 57.7 Å². The SMILES string of the molecule is CCOCCCO[C@@H](c1cccc(C)c1)[C@@H]1CCCN(C(CNC)CC2CCC(F)(F)CC2)C1. The lowest BCUT2D eigenvalue weighted by Crippen LogP contribution is -2.49. The summed E-state index contributed by atoms with van der Waals surface area (Å²) >= 11 is 0. The number of aryl methyl sites for hydroxylation is 1. The summed E-state index contributed by atoms with van der Waals surface area (Å²) in [6, 6.07) is 9.12. The maximum absolute atomic E-state index is 13.7. The minimum Gasteiger partial charge on any atom is -0.382 e. The van der Waals surface area contributed by atoms with Crippen molar-refractivity contribution in [1.29, 1.82) is 0 Å². The van der Waals surface area contributed by atoms with Crippen molar-refractivity contribution in [1.82, 2.24) is 10.2 Å². The number of likely N-dealkylation sites (tertiary alicyclic amines) is 1. The number of likely N-dealkylation sites (N-methyl/N-ethyl adjacent to an activating group) is 1. The molecule has 4 nitrogen and oxygen atoms in total. The Balaban J connectivity index is 1.65. The molecule has 1 N–H and O–H groups in total. The van der Waals surface area contributed by atoms with Crippen LogP contribution in [0, 0.1) is 18.8 Å². The van der Waals surface area contributed by atoms with Crippen LogP contribution in [-0.2, 0) is 9.47 Å². The van der Waals surface area contributed by atoms with Crippen LogP contribution in [0.2, 0.25) is 0 Å². The predicted octanol–water partition coefficient (Wildman–Crippen LogP) is 5.99. The molecular weight excluding hydrogens is 434 g/mol. The van der Waals surface area contributed by atoms with Crippen molar-refractivity contribution in [3.8, 4) is 0 Å². The summed E-state index contributed by atoms with van der Waals surface area (Å²) in [6.45, 7) is 9.32. The van der Waals surface area contributed by atoms with Crippen LogP contribution in [0.25, 0.3) is 0 Å². The zero-order valence-corrected chi connectivity index (χ0v) is 21.5. The molecular formula is C28H46F2N2O2. The summed E-state index contributed by atoms with van der Waals surface area (Å²) < 4.78 is 39.4. The average Bonchev–Trinajstić information content (AvgIpc) is 2.82. The highest BCUT2D eigenvalue weighted by atomic mass is 19.3. The number of piperidine rings is 1. The zero-order valence-electron chi connectivity index (χ0n) is 21.5. The van der Waals surface area contributed by atoms with E-state index in [-0.39, 0.29) is 18.9 Å². The maximum Gasteiger partial charge on any atom is 0.248 e. The van der Waals surface area contributed by atoms with Crippen molar-refractivity contribution in [3.63, 3.8) is 0 Å². The predicted molar refractivity (Wildman–Crippen MR) is 135 cm³/mol. The van der Waals surface area contributed by atoms with Gasteiger partial charge in [-0.15, -0.1) is 0 Å². The molecule has 1 heterocycles. The number of ether oxygens (including phenoxy) is 2. The first-order chi connectivity index (χ1) is 16.4. The molecule has 0 radical (unpaired) electrons. The van der Waals surface area contributed by atoms with Gasteiger partial charge in [-0.1, -0.05) is 29.8 Å². The summed E-state index contributed by atoms with van der Waals surface area (Å²) in [5.41, 5.74) is 2.53. The molecule has 1 saturated carbocycles. The van der Waals surface area contributed by atoms with E-state index in [2.05, 4.69) is 41.4 Å². The lowest BCUT2D eigenvalue weighted by molar-refractivity contribution is -0.0527. The fraction of sp³-hybridized carbons (Fsp3) is 0.786. The second-order valence-electron chi connectivity index (χ2n) is 10.4. The van der Waals surface area contributed by atoms with E-state index in [1.165, 1.54) is 11.1 Å². The van der Waals surface area contributed by atoms with Gasteiger partial charge in [-0.2, -0.15) is 0 Å².